The van der Waals surface area contributed by atoms with Crippen molar-refractivity contribution in [2.24, 2.45) is 5.41 Å². The van der Waals surface area contributed by atoms with Crippen LogP contribution in [-0.2, 0) is 9.53 Å². The van der Waals surface area contributed by atoms with Gasteiger partial charge in [-0.2, -0.15) is 0 Å². The molecule has 0 bridgehead atoms. The van der Waals surface area contributed by atoms with Crippen LogP contribution in [0.3, 0.4) is 0 Å². The van der Waals surface area contributed by atoms with Crippen LogP contribution in [-0.4, -0.2) is 53.6 Å². The number of nitrogens with zero attached hydrogens (tertiary/aromatic N) is 2. The molecule has 1 unspecified atom stereocenters. The molecule has 2 aliphatic rings. The van der Waals surface area contributed by atoms with Crippen LogP contribution >= 0.6 is 0 Å². The van der Waals surface area contributed by atoms with E-state index >= 15 is 0 Å². The van der Waals surface area contributed by atoms with Crippen LogP contribution in [0.2, 0.25) is 0 Å². The molecule has 2 rings (SSSR count). The number of rotatable bonds is 3. The molecule has 1 saturated heterocycles. The largest absolute Gasteiger partial charge is 0.444 e. The Labute approximate surface area is 170 Å². The van der Waals surface area contributed by atoms with E-state index in [2.05, 4.69) is 20.8 Å². The monoisotopic (exact) mass is 390 g/mol. The molecule has 2 amide bonds. The van der Waals surface area contributed by atoms with Gasteiger partial charge in [0, 0.05) is 32.3 Å². The average molecular weight is 391 g/mol. The van der Waals surface area contributed by atoms with Crippen molar-refractivity contribution in [2.45, 2.75) is 85.3 Å². The molecule has 1 aliphatic carbocycles. The molecule has 28 heavy (non-hydrogen) atoms. The van der Waals surface area contributed by atoms with Crippen LogP contribution in [0.15, 0.2) is 23.3 Å². The minimum atomic E-state index is -0.507. The minimum absolute atomic E-state index is 0.00212. The van der Waals surface area contributed by atoms with Crippen LogP contribution in [0.4, 0.5) is 4.79 Å². The molecule has 1 heterocycles. The van der Waals surface area contributed by atoms with E-state index in [0.717, 1.165) is 25.7 Å². The summed E-state index contributed by atoms with van der Waals surface area (Å²) in [4.78, 5) is 28.7. The topological polar surface area (TPSA) is 49.9 Å². The number of allylic oxidation sites excluding steroid dienone is 3. The summed E-state index contributed by atoms with van der Waals surface area (Å²) in [5.74, 6) is -0.00212. The SMILES string of the molecule is CC1=C(C=CC(=O)N(C)C2CCCN(C(=O)OC(C)(C)C)C2)C(C)(C)CCC1. The van der Waals surface area contributed by atoms with E-state index in [1.807, 2.05) is 33.9 Å². The first-order valence-corrected chi connectivity index (χ1v) is 10.5. The van der Waals surface area contributed by atoms with E-state index in [1.54, 1.807) is 15.9 Å². The highest BCUT2D eigenvalue weighted by Gasteiger charge is 2.31. The van der Waals surface area contributed by atoms with Gasteiger partial charge in [0.15, 0.2) is 0 Å². The van der Waals surface area contributed by atoms with Gasteiger partial charge in [-0.05, 0) is 70.8 Å². The molecule has 0 N–H and O–H groups in total. The van der Waals surface area contributed by atoms with Gasteiger partial charge >= 0.3 is 6.09 Å². The molecule has 5 heteroatoms. The fourth-order valence-electron chi connectivity index (χ4n) is 4.23. The number of hydrogen-bond donors (Lipinski definition) is 0. The third-order valence-corrected chi connectivity index (χ3v) is 5.88. The number of amides is 2. The zero-order chi connectivity index (χ0) is 21.1. The first-order valence-electron chi connectivity index (χ1n) is 10.5. The van der Waals surface area contributed by atoms with Crippen molar-refractivity contribution in [3.63, 3.8) is 0 Å². The summed E-state index contributed by atoms with van der Waals surface area (Å²) in [6.45, 7) is 13.5. The van der Waals surface area contributed by atoms with Gasteiger partial charge in [-0.3, -0.25) is 4.79 Å². The number of likely N-dealkylation sites (N-methyl/N-ethyl adjacent to an activating group) is 1. The highest BCUT2D eigenvalue weighted by Crippen LogP contribution is 2.40. The Morgan fingerprint density at radius 3 is 2.54 bits per heavy atom. The average Bonchev–Trinajstić information content (AvgIpc) is 2.58. The summed E-state index contributed by atoms with van der Waals surface area (Å²) in [6, 6.07) is 0.0212. The smallest absolute Gasteiger partial charge is 0.410 e. The lowest BCUT2D eigenvalue weighted by atomic mass is 9.72. The van der Waals surface area contributed by atoms with Crippen LogP contribution < -0.4 is 0 Å². The van der Waals surface area contributed by atoms with E-state index in [9.17, 15) is 9.59 Å². The number of hydrogen-bond acceptors (Lipinski definition) is 3. The fraction of sp³-hybridized carbons (Fsp3) is 0.739. The van der Waals surface area contributed by atoms with Gasteiger partial charge in [0.1, 0.15) is 5.60 Å². The normalized spacial score (nSPS) is 23.1. The van der Waals surface area contributed by atoms with Crippen molar-refractivity contribution in [1.82, 2.24) is 9.80 Å². The number of carbonyl (C=O) groups is 2. The van der Waals surface area contributed by atoms with Crippen molar-refractivity contribution in [3.8, 4) is 0 Å². The quantitative estimate of drug-likeness (QED) is 0.642. The Kier molecular flexibility index (Phi) is 7.00. The van der Waals surface area contributed by atoms with Gasteiger partial charge < -0.3 is 14.5 Å². The third kappa shape index (κ3) is 5.86. The lowest BCUT2D eigenvalue weighted by Gasteiger charge is -2.38. The Bertz CT molecular complexity index is 655. The van der Waals surface area contributed by atoms with E-state index in [1.165, 1.54) is 17.6 Å². The Hall–Kier alpha value is -1.78. The van der Waals surface area contributed by atoms with Crippen LogP contribution in [0.5, 0.6) is 0 Å². The van der Waals surface area contributed by atoms with Gasteiger partial charge in [0.05, 0.1) is 0 Å². The lowest BCUT2D eigenvalue weighted by Crippen LogP contribution is -2.51. The molecule has 0 spiro atoms. The molecule has 0 aromatic heterocycles. The first-order chi connectivity index (χ1) is 12.9. The van der Waals surface area contributed by atoms with Gasteiger partial charge in [-0.15, -0.1) is 0 Å². The summed E-state index contributed by atoms with van der Waals surface area (Å²) in [5, 5.41) is 0. The molecule has 0 aromatic carbocycles. The molecule has 0 saturated carbocycles. The zero-order valence-electron chi connectivity index (χ0n) is 18.8. The van der Waals surface area contributed by atoms with Crippen LogP contribution in [0.1, 0.15) is 73.6 Å². The summed E-state index contributed by atoms with van der Waals surface area (Å²) >= 11 is 0. The van der Waals surface area contributed by atoms with Crippen LogP contribution in [0, 0.1) is 5.41 Å². The van der Waals surface area contributed by atoms with Crippen molar-refractivity contribution in [1.29, 1.82) is 0 Å². The lowest BCUT2D eigenvalue weighted by molar-refractivity contribution is -0.127. The second-order valence-corrected chi connectivity index (χ2v) is 9.94. The summed E-state index contributed by atoms with van der Waals surface area (Å²) < 4.78 is 5.49. The van der Waals surface area contributed by atoms with Crippen molar-refractivity contribution in [2.75, 3.05) is 20.1 Å². The molecule has 1 atom stereocenters. The molecule has 5 nitrogen and oxygen atoms in total. The fourth-order valence-corrected chi connectivity index (χ4v) is 4.23. The molecular weight excluding hydrogens is 352 g/mol. The maximum absolute atomic E-state index is 12.8. The van der Waals surface area contributed by atoms with Crippen LogP contribution in [0.25, 0.3) is 0 Å². The second kappa shape index (κ2) is 8.71. The summed E-state index contributed by atoms with van der Waals surface area (Å²) in [7, 11) is 1.84. The zero-order valence-corrected chi connectivity index (χ0v) is 18.8. The molecule has 1 aliphatic heterocycles. The van der Waals surface area contributed by atoms with E-state index in [4.69, 9.17) is 4.74 Å². The molecule has 0 aromatic rings. The number of carbonyl (C=O) groups excluding carboxylic acids is 2. The highest BCUT2D eigenvalue weighted by molar-refractivity contribution is 5.88. The maximum Gasteiger partial charge on any atom is 0.410 e. The molecule has 158 valence electrons. The van der Waals surface area contributed by atoms with Crippen molar-refractivity contribution >= 4 is 12.0 Å². The Morgan fingerprint density at radius 1 is 1.25 bits per heavy atom. The summed E-state index contributed by atoms with van der Waals surface area (Å²) in [6.07, 6.45) is 8.69. The number of ether oxygens (including phenoxy) is 1. The highest BCUT2D eigenvalue weighted by atomic mass is 16.6. The van der Waals surface area contributed by atoms with Crippen molar-refractivity contribution in [3.05, 3.63) is 23.3 Å². The standard InChI is InChI=1S/C23H38N2O3/c1-17-10-8-14-23(5,6)19(17)12-13-20(26)24(7)18-11-9-15-25(16-18)21(27)28-22(2,3)4/h12-13,18H,8-11,14-16H2,1-7H3. The molecular formula is C23H38N2O3. The maximum atomic E-state index is 12.8. The number of likely N-dealkylation sites (tertiary alicyclic amines) is 1. The predicted molar refractivity (Wildman–Crippen MR) is 113 cm³/mol. The number of piperidine rings is 1. The summed E-state index contributed by atoms with van der Waals surface area (Å²) in [5.41, 5.74) is 2.29. The third-order valence-electron chi connectivity index (χ3n) is 5.88. The van der Waals surface area contributed by atoms with Gasteiger partial charge in [-0.1, -0.05) is 25.5 Å². The Morgan fingerprint density at radius 2 is 1.93 bits per heavy atom. The minimum Gasteiger partial charge on any atom is -0.444 e. The Balaban J connectivity index is 2.01. The molecule has 1 fully saturated rings. The molecule has 0 radical (unpaired) electrons. The van der Waals surface area contributed by atoms with Gasteiger partial charge in [0.2, 0.25) is 5.91 Å². The van der Waals surface area contributed by atoms with Crippen molar-refractivity contribution < 1.29 is 14.3 Å². The second-order valence-electron chi connectivity index (χ2n) is 9.94. The predicted octanol–water partition coefficient (Wildman–Crippen LogP) is 4.93. The van der Waals surface area contributed by atoms with E-state index < -0.39 is 5.60 Å². The first kappa shape index (κ1) is 22.5. The van der Waals surface area contributed by atoms with Gasteiger partial charge in [-0.25, -0.2) is 4.79 Å². The van der Waals surface area contributed by atoms with Gasteiger partial charge in [0.25, 0.3) is 0 Å². The van der Waals surface area contributed by atoms with E-state index in [-0.39, 0.29) is 23.5 Å². The van der Waals surface area contributed by atoms with E-state index in [0.29, 0.717) is 13.1 Å².